The third kappa shape index (κ3) is 2.20. The van der Waals surface area contributed by atoms with Crippen molar-refractivity contribution < 1.29 is 0 Å². The van der Waals surface area contributed by atoms with E-state index in [0.29, 0.717) is 0 Å². The molecule has 0 amide bonds. The summed E-state index contributed by atoms with van der Waals surface area (Å²) in [5, 5.41) is 0. The zero-order valence-electron chi connectivity index (χ0n) is 12.1. The summed E-state index contributed by atoms with van der Waals surface area (Å²) in [6.45, 7) is 11.2. The van der Waals surface area contributed by atoms with Crippen LogP contribution in [0.15, 0.2) is 30.3 Å². The van der Waals surface area contributed by atoms with Gasteiger partial charge in [-0.25, -0.2) is 0 Å². The van der Waals surface area contributed by atoms with Crippen LogP contribution in [0.1, 0.15) is 38.9 Å². The molecule has 0 fully saturated rings. The highest BCUT2D eigenvalue weighted by Gasteiger charge is 2.12. The van der Waals surface area contributed by atoms with Gasteiger partial charge in [-0.05, 0) is 80.0 Å². The van der Waals surface area contributed by atoms with Crippen molar-refractivity contribution in [3.05, 3.63) is 69.3 Å². The second-order valence-electron chi connectivity index (χ2n) is 5.27. The Labute approximate surface area is 111 Å². The lowest BCUT2D eigenvalue weighted by atomic mass is 9.87. The summed E-state index contributed by atoms with van der Waals surface area (Å²) in [7, 11) is 0. The highest BCUT2D eigenvalue weighted by Crippen LogP contribution is 2.27. The van der Waals surface area contributed by atoms with Crippen molar-refractivity contribution in [2.75, 3.05) is 0 Å². The van der Waals surface area contributed by atoms with E-state index >= 15 is 0 Å². The van der Waals surface area contributed by atoms with Gasteiger partial charge >= 0.3 is 0 Å². The molecular formula is C18H22. The van der Waals surface area contributed by atoms with Crippen LogP contribution >= 0.6 is 0 Å². The zero-order valence-corrected chi connectivity index (χ0v) is 12.1. The third-order valence-electron chi connectivity index (χ3n) is 4.38. The highest BCUT2D eigenvalue weighted by molar-refractivity contribution is 5.50. The van der Waals surface area contributed by atoms with Gasteiger partial charge in [-0.15, -0.1) is 0 Å². The first kappa shape index (κ1) is 12.9. The largest absolute Gasteiger partial charge is 0.0622 e. The Morgan fingerprint density at radius 1 is 0.611 bits per heavy atom. The van der Waals surface area contributed by atoms with Crippen molar-refractivity contribution in [2.24, 2.45) is 0 Å². The molecule has 0 heteroatoms. The molecule has 0 saturated heterocycles. The van der Waals surface area contributed by atoms with Crippen LogP contribution in [0.4, 0.5) is 0 Å². The molecule has 0 radical (unpaired) electrons. The van der Waals surface area contributed by atoms with E-state index in [1.807, 2.05) is 0 Å². The van der Waals surface area contributed by atoms with Crippen molar-refractivity contribution in [1.29, 1.82) is 0 Å². The maximum absolute atomic E-state index is 2.26. The van der Waals surface area contributed by atoms with Gasteiger partial charge in [-0.3, -0.25) is 0 Å². The van der Waals surface area contributed by atoms with Crippen molar-refractivity contribution in [3.8, 4) is 0 Å². The fourth-order valence-electron chi connectivity index (χ4n) is 2.64. The lowest BCUT2D eigenvalue weighted by molar-refractivity contribution is 1.06. The molecule has 0 unspecified atom stereocenters. The first-order chi connectivity index (χ1) is 8.52. The van der Waals surface area contributed by atoms with Gasteiger partial charge < -0.3 is 0 Å². The van der Waals surface area contributed by atoms with Gasteiger partial charge in [0.15, 0.2) is 0 Å². The average Bonchev–Trinajstić information content (AvgIpc) is 2.40. The van der Waals surface area contributed by atoms with Crippen molar-refractivity contribution in [2.45, 2.75) is 41.0 Å². The van der Waals surface area contributed by atoms with E-state index in [1.165, 1.54) is 38.9 Å². The zero-order chi connectivity index (χ0) is 13.3. The Bertz CT molecular complexity index is 533. The minimum atomic E-state index is 1.04. The van der Waals surface area contributed by atoms with Crippen LogP contribution in [0, 0.1) is 34.6 Å². The Balaban J connectivity index is 2.52. The van der Waals surface area contributed by atoms with Gasteiger partial charge in [0.25, 0.3) is 0 Å². The highest BCUT2D eigenvalue weighted by atomic mass is 14.2. The number of hydrogen-bond acceptors (Lipinski definition) is 0. The summed E-state index contributed by atoms with van der Waals surface area (Å²) in [6, 6.07) is 10.7. The van der Waals surface area contributed by atoms with E-state index in [0.717, 1.165) is 6.42 Å². The molecule has 94 valence electrons. The van der Waals surface area contributed by atoms with Gasteiger partial charge in [0, 0.05) is 0 Å². The van der Waals surface area contributed by atoms with Gasteiger partial charge in [-0.2, -0.15) is 0 Å². The molecular weight excluding hydrogens is 216 g/mol. The van der Waals surface area contributed by atoms with Crippen LogP contribution in [0.2, 0.25) is 0 Å². The van der Waals surface area contributed by atoms with Crippen LogP contribution in [-0.4, -0.2) is 0 Å². The quantitative estimate of drug-likeness (QED) is 0.703. The first-order valence-corrected chi connectivity index (χ1v) is 6.62. The van der Waals surface area contributed by atoms with E-state index in [1.54, 1.807) is 0 Å². The summed E-state index contributed by atoms with van der Waals surface area (Å²) in [4.78, 5) is 0. The summed E-state index contributed by atoms with van der Waals surface area (Å²) in [5.41, 5.74) is 10.2. The molecule has 0 aliphatic rings. The van der Waals surface area contributed by atoms with Gasteiger partial charge in [0.2, 0.25) is 0 Å². The number of hydrogen-bond donors (Lipinski definition) is 0. The number of rotatable bonds is 2. The SMILES string of the molecule is Cc1c(C)c(C)c(Cc2ccccc2)c(C)c1C. The molecule has 0 saturated carbocycles. The lowest BCUT2D eigenvalue weighted by Crippen LogP contribution is -2.03. The van der Waals surface area contributed by atoms with Gasteiger partial charge in [0.05, 0.1) is 0 Å². The van der Waals surface area contributed by atoms with E-state index in [2.05, 4.69) is 65.0 Å². The predicted molar refractivity (Wildman–Crippen MR) is 79.4 cm³/mol. The van der Waals surface area contributed by atoms with E-state index < -0.39 is 0 Å². The molecule has 0 nitrogen and oxygen atoms in total. The Hall–Kier alpha value is -1.56. The Kier molecular flexibility index (Phi) is 3.56. The van der Waals surface area contributed by atoms with Crippen molar-refractivity contribution in [1.82, 2.24) is 0 Å². The normalized spacial score (nSPS) is 10.7. The predicted octanol–water partition coefficient (Wildman–Crippen LogP) is 4.82. The maximum atomic E-state index is 2.26. The molecule has 2 rings (SSSR count). The molecule has 0 heterocycles. The monoisotopic (exact) mass is 238 g/mol. The summed E-state index contributed by atoms with van der Waals surface area (Å²) in [6.07, 6.45) is 1.04. The molecule has 0 N–H and O–H groups in total. The molecule has 18 heavy (non-hydrogen) atoms. The second-order valence-corrected chi connectivity index (χ2v) is 5.27. The standard InChI is InChI=1S/C18H22/c1-12-13(2)15(4)18(16(5)14(12)3)11-17-9-7-6-8-10-17/h6-10H,11H2,1-5H3. The van der Waals surface area contributed by atoms with E-state index in [4.69, 9.17) is 0 Å². The molecule has 0 aromatic heterocycles. The fourth-order valence-corrected chi connectivity index (χ4v) is 2.64. The maximum Gasteiger partial charge on any atom is -0.00203 e. The molecule has 0 aliphatic heterocycles. The van der Waals surface area contributed by atoms with Gasteiger partial charge in [-0.1, -0.05) is 30.3 Å². The Morgan fingerprint density at radius 2 is 1.06 bits per heavy atom. The summed E-state index contributed by atoms with van der Waals surface area (Å²) >= 11 is 0. The molecule has 2 aromatic carbocycles. The molecule has 0 atom stereocenters. The Morgan fingerprint density at radius 3 is 1.56 bits per heavy atom. The third-order valence-corrected chi connectivity index (χ3v) is 4.38. The molecule has 0 aliphatic carbocycles. The van der Waals surface area contributed by atoms with Gasteiger partial charge in [0.1, 0.15) is 0 Å². The fraction of sp³-hybridized carbons (Fsp3) is 0.333. The van der Waals surface area contributed by atoms with Crippen molar-refractivity contribution in [3.63, 3.8) is 0 Å². The van der Waals surface area contributed by atoms with E-state index in [-0.39, 0.29) is 0 Å². The van der Waals surface area contributed by atoms with Crippen LogP contribution < -0.4 is 0 Å². The smallest absolute Gasteiger partial charge is 0.00203 e. The molecule has 0 bridgehead atoms. The summed E-state index contributed by atoms with van der Waals surface area (Å²) < 4.78 is 0. The van der Waals surface area contributed by atoms with Crippen LogP contribution in [0.3, 0.4) is 0 Å². The summed E-state index contributed by atoms with van der Waals surface area (Å²) in [5.74, 6) is 0. The minimum absolute atomic E-state index is 1.04. The first-order valence-electron chi connectivity index (χ1n) is 6.62. The van der Waals surface area contributed by atoms with E-state index in [9.17, 15) is 0 Å². The minimum Gasteiger partial charge on any atom is -0.0622 e. The molecule has 0 spiro atoms. The van der Waals surface area contributed by atoms with Crippen molar-refractivity contribution >= 4 is 0 Å². The number of benzene rings is 2. The van der Waals surface area contributed by atoms with Crippen LogP contribution in [-0.2, 0) is 6.42 Å². The topological polar surface area (TPSA) is 0 Å². The lowest BCUT2D eigenvalue weighted by Gasteiger charge is -2.18. The average molecular weight is 238 g/mol. The molecule has 2 aromatic rings. The second kappa shape index (κ2) is 4.97. The van der Waals surface area contributed by atoms with Crippen LogP contribution in [0.25, 0.3) is 0 Å². The van der Waals surface area contributed by atoms with Crippen LogP contribution in [0.5, 0.6) is 0 Å².